The third-order valence-electron chi connectivity index (χ3n) is 4.40. The maximum absolute atomic E-state index is 12.6. The second-order valence-electron chi connectivity index (χ2n) is 6.46. The average molecular weight is 295 g/mol. The second-order valence-corrected chi connectivity index (χ2v) is 6.46. The SMILES string of the molecule is CCN(C(=O)CN1CC(O)CC1CN(C)C)C1=CCCC1. The quantitative estimate of drug-likeness (QED) is 0.791. The Balaban J connectivity index is 1.96. The Bertz CT molecular complexity index is 395. The van der Waals surface area contributed by atoms with E-state index < -0.39 is 0 Å². The lowest BCUT2D eigenvalue weighted by molar-refractivity contribution is -0.130. The number of carbonyl (C=O) groups excluding carboxylic acids is 1. The van der Waals surface area contributed by atoms with Crippen molar-refractivity contribution in [2.45, 2.75) is 44.8 Å². The van der Waals surface area contributed by atoms with E-state index in [0.29, 0.717) is 13.1 Å². The molecule has 120 valence electrons. The molecule has 2 rings (SSSR count). The Labute approximate surface area is 128 Å². The summed E-state index contributed by atoms with van der Waals surface area (Å²) in [5.74, 6) is 0.170. The van der Waals surface area contributed by atoms with Crippen molar-refractivity contribution in [3.63, 3.8) is 0 Å². The number of aliphatic hydroxyl groups excluding tert-OH is 1. The van der Waals surface area contributed by atoms with Crippen LogP contribution in [-0.2, 0) is 4.79 Å². The van der Waals surface area contributed by atoms with Crippen LogP contribution in [0.25, 0.3) is 0 Å². The molecule has 5 nitrogen and oxygen atoms in total. The zero-order chi connectivity index (χ0) is 15.4. The molecule has 2 atom stereocenters. The predicted octanol–water partition coefficient (Wildman–Crippen LogP) is 0.899. The number of hydrogen-bond acceptors (Lipinski definition) is 4. The number of likely N-dealkylation sites (N-methyl/N-ethyl adjacent to an activating group) is 2. The number of allylic oxidation sites excluding steroid dienone is 2. The van der Waals surface area contributed by atoms with Crippen LogP contribution in [0.2, 0.25) is 0 Å². The van der Waals surface area contributed by atoms with Crippen LogP contribution in [0.3, 0.4) is 0 Å². The molecule has 5 heteroatoms. The summed E-state index contributed by atoms with van der Waals surface area (Å²) in [6.07, 6.45) is 5.92. The summed E-state index contributed by atoms with van der Waals surface area (Å²) in [5, 5.41) is 9.91. The van der Waals surface area contributed by atoms with Crippen LogP contribution in [0.1, 0.15) is 32.6 Å². The highest BCUT2D eigenvalue weighted by Crippen LogP contribution is 2.23. The van der Waals surface area contributed by atoms with Crippen LogP contribution in [0.15, 0.2) is 11.8 Å². The van der Waals surface area contributed by atoms with Gasteiger partial charge in [-0.05, 0) is 46.7 Å². The highest BCUT2D eigenvalue weighted by molar-refractivity contribution is 5.80. The number of likely N-dealkylation sites (tertiary alicyclic amines) is 1. The standard InChI is InChI=1S/C16H29N3O2/c1-4-19(13-7-5-6-8-13)16(21)12-18-11-15(20)9-14(18)10-17(2)3/h7,14-15,20H,4-6,8-12H2,1-3H3. The molecule has 1 amide bonds. The van der Waals surface area contributed by atoms with Gasteiger partial charge >= 0.3 is 0 Å². The molecular weight excluding hydrogens is 266 g/mol. The van der Waals surface area contributed by atoms with Crippen molar-refractivity contribution in [3.8, 4) is 0 Å². The first-order chi connectivity index (χ1) is 10.0. The van der Waals surface area contributed by atoms with Gasteiger partial charge < -0.3 is 14.9 Å². The molecule has 1 N–H and O–H groups in total. The molecule has 21 heavy (non-hydrogen) atoms. The lowest BCUT2D eigenvalue weighted by Gasteiger charge is -2.29. The molecule has 1 heterocycles. The van der Waals surface area contributed by atoms with Gasteiger partial charge in [-0.3, -0.25) is 9.69 Å². The minimum absolute atomic E-state index is 0.170. The van der Waals surface area contributed by atoms with Crippen molar-refractivity contribution < 1.29 is 9.90 Å². The van der Waals surface area contributed by atoms with Crippen molar-refractivity contribution in [2.24, 2.45) is 0 Å². The summed E-state index contributed by atoms with van der Waals surface area (Å²) in [6.45, 7) is 4.69. The van der Waals surface area contributed by atoms with Crippen LogP contribution in [-0.4, -0.2) is 78.1 Å². The average Bonchev–Trinajstić information content (AvgIpc) is 3.01. The van der Waals surface area contributed by atoms with Crippen molar-refractivity contribution in [2.75, 3.05) is 40.3 Å². The van der Waals surface area contributed by atoms with Gasteiger partial charge in [0.1, 0.15) is 0 Å². The molecule has 1 fully saturated rings. The Morgan fingerprint density at radius 3 is 2.81 bits per heavy atom. The summed E-state index contributed by atoms with van der Waals surface area (Å²) >= 11 is 0. The smallest absolute Gasteiger partial charge is 0.240 e. The molecule has 1 aliphatic heterocycles. The van der Waals surface area contributed by atoms with Crippen molar-refractivity contribution >= 4 is 5.91 Å². The molecule has 0 spiro atoms. The fraction of sp³-hybridized carbons (Fsp3) is 0.812. The lowest BCUT2D eigenvalue weighted by atomic mass is 10.2. The Morgan fingerprint density at radius 1 is 1.48 bits per heavy atom. The Kier molecular flexibility index (Phi) is 5.79. The van der Waals surface area contributed by atoms with Crippen molar-refractivity contribution in [3.05, 3.63) is 11.8 Å². The number of nitrogens with zero attached hydrogens (tertiary/aromatic N) is 3. The first-order valence-electron chi connectivity index (χ1n) is 8.07. The van der Waals surface area contributed by atoms with E-state index >= 15 is 0 Å². The van der Waals surface area contributed by atoms with Crippen molar-refractivity contribution in [1.82, 2.24) is 14.7 Å². The van der Waals surface area contributed by atoms with Crippen LogP contribution in [0, 0.1) is 0 Å². The second kappa shape index (κ2) is 7.38. The maximum atomic E-state index is 12.6. The van der Waals surface area contributed by atoms with Gasteiger partial charge in [0.2, 0.25) is 5.91 Å². The summed E-state index contributed by atoms with van der Waals surface area (Å²) in [6, 6.07) is 0.273. The van der Waals surface area contributed by atoms with E-state index in [1.54, 1.807) is 0 Å². The molecule has 0 radical (unpaired) electrons. The molecule has 0 aromatic carbocycles. The van der Waals surface area contributed by atoms with Gasteiger partial charge in [-0.2, -0.15) is 0 Å². The van der Waals surface area contributed by atoms with Crippen LogP contribution < -0.4 is 0 Å². The zero-order valence-electron chi connectivity index (χ0n) is 13.6. The summed E-state index contributed by atoms with van der Waals surface area (Å²) in [4.78, 5) is 18.8. The number of amides is 1. The fourth-order valence-corrected chi connectivity index (χ4v) is 3.46. The zero-order valence-corrected chi connectivity index (χ0v) is 13.6. The fourth-order valence-electron chi connectivity index (χ4n) is 3.46. The summed E-state index contributed by atoms with van der Waals surface area (Å²) in [5.41, 5.74) is 1.19. The van der Waals surface area contributed by atoms with Gasteiger partial charge in [-0.15, -0.1) is 0 Å². The normalized spacial score (nSPS) is 26.4. The summed E-state index contributed by atoms with van der Waals surface area (Å²) < 4.78 is 0. The highest BCUT2D eigenvalue weighted by Gasteiger charge is 2.33. The molecule has 1 aliphatic carbocycles. The first-order valence-corrected chi connectivity index (χ1v) is 8.07. The maximum Gasteiger partial charge on any atom is 0.240 e. The van der Waals surface area contributed by atoms with E-state index in [4.69, 9.17) is 0 Å². The van der Waals surface area contributed by atoms with Gasteiger partial charge in [0.05, 0.1) is 12.6 Å². The Morgan fingerprint density at radius 2 is 2.24 bits per heavy atom. The largest absolute Gasteiger partial charge is 0.392 e. The van der Waals surface area contributed by atoms with Crippen LogP contribution in [0.5, 0.6) is 0 Å². The third-order valence-corrected chi connectivity index (χ3v) is 4.40. The van der Waals surface area contributed by atoms with E-state index in [1.165, 1.54) is 5.70 Å². The summed E-state index contributed by atoms with van der Waals surface area (Å²) in [7, 11) is 4.07. The van der Waals surface area contributed by atoms with Gasteiger partial charge in [0.15, 0.2) is 0 Å². The van der Waals surface area contributed by atoms with Gasteiger partial charge in [-0.25, -0.2) is 0 Å². The molecule has 0 saturated carbocycles. The van der Waals surface area contributed by atoms with E-state index in [-0.39, 0.29) is 18.1 Å². The van der Waals surface area contributed by atoms with Crippen LogP contribution >= 0.6 is 0 Å². The van der Waals surface area contributed by atoms with Crippen molar-refractivity contribution in [1.29, 1.82) is 0 Å². The molecule has 0 aromatic heterocycles. The lowest BCUT2D eigenvalue weighted by Crippen LogP contribution is -2.44. The monoisotopic (exact) mass is 295 g/mol. The number of rotatable bonds is 6. The highest BCUT2D eigenvalue weighted by atomic mass is 16.3. The van der Waals surface area contributed by atoms with Gasteiger partial charge in [0.25, 0.3) is 0 Å². The first kappa shape index (κ1) is 16.5. The minimum atomic E-state index is -0.302. The van der Waals surface area contributed by atoms with Crippen LogP contribution in [0.4, 0.5) is 0 Å². The van der Waals surface area contributed by atoms with E-state index in [0.717, 1.165) is 38.8 Å². The molecule has 1 saturated heterocycles. The molecule has 2 unspecified atom stereocenters. The molecular formula is C16H29N3O2. The van der Waals surface area contributed by atoms with E-state index in [2.05, 4.69) is 15.9 Å². The molecule has 0 aromatic rings. The van der Waals surface area contributed by atoms with E-state index in [1.807, 2.05) is 25.9 Å². The Hall–Kier alpha value is -0.910. The number of β-amino-alcohol motifs (C(OH)–C–C–N with tert-alkyl or cyclic N) is 1. The minimum Gasteiger partial charge on any atom is -0.392 e. The van der Waals surface area contributed by atoms with Gasteiger partial charge in [0, 0.05) is 31.4 Å². The predicted molar refractivity (Wildman–Crippen MR) is 83.9 cm³/mol. The topological polar surface area (TPSA) is 47.0 Å². The molecule has 2 aliphatic rings. The van der Waals surface area contributed by atoms with Gasteiger partial charge in [-0.1, -0.05) is 6.08 Å². The number of aliphatic hydroxyl groups is 1. The number of carbonyl (C=O) groups is 1. The van der Waals surface area contributed by atoms with E-state index in [9.17, 15) is 9.90 Å². The number of hydrogen-bond donors (Lipinski definition) is 1. The third kappa shape index (κ3) is 4.28. The molecule has 0 bridgehead atoms.